The lowest BCUT2D eigenvalue weighted by atomic mass is 10.1. The Hall–Kier alpha value is -3.88. The molecular formula is C22H20N2O7. The molecule has 4 rings (SSSR count). The minimum absolute atomic E-state index is 0.247. The van der Waals surface area contributed by atoms with Crippen molar-refractivity contribution in [1.82, 2.24) is 10.2 Å². The molecule has 2 aromatic rings. The fraction of sp³-hybridized carbons (Fsp3) is 0.273. The van der Waals surface area contributed by atoms with Gasteiger partial charge in [0.05, 0.1) is 11.1 Å². The molecule has 0 unspecified atom stereocenters. The largest absolute Gasteiger partial charge is 0.486 e. The van der Waals surface area contributed by atoms with Crippen LogP contribution in [0.4, 0.5) is 0 Å². The van der Waals surface area contributed by atoms with E-state index in [1.54, 1.807) is 12.1 Å². The summed E-state index contributed by atoms with van der Waals surface area (Å²) in [6.45, 7) is 0.321. The van der Waals surface area contributed by atoms with Crippen LogP contribution in [-0.4, -0.2) is 61.5 Å². The standard InChI is InChI=1S/C22H20N2O7/c25-19(23-8-7-14-5-6-17-18(11-14)30-10-9-29-17)13-31-20(26)12-24-21(27)15-3-1-2-4-16(15)22(24)28/h1-6,11H,7-10,12-13H2,(H,23,25). The molecule has 0 atom stereocenters. The second-order valence-corrected chi connectivity index (χ2v) is 6.98. The van der Waals surface area contributed by atoms with Gasteiger partial charge in [-0.3, -0.25) is 24.1 Å². The molecule has 2 aromatic carbocycles. The quantitative estimate of drug-likeness (QED) is 0.520. The van der Waals surface area contributed by atoms with Crippen molar-refractivity contribution < 1.29 is 33.4 Å². The molecule has 2 heterocycles. The fourth-order valence-corrected chi connectivity index (χ4v) is 3.34. The van der Waals surface area contributed by atoms with Crippen molar-refractivity contribution in [2.75, 3.05) is 32.9 Å². The average molecular weight is 424 g/mol. The summed E-state index contributed by atoms with van der Waals surface area (Å²) in [6, 6.07) is 11.9. The molecular weight excluding hydrogens is 404 g/mol. The molecule has 9 heteroatoms. The number of nitrogens with one attached hydrogen (secondary N) is 1. The van der Waals surface area contributed by atoms with Crippen molar-refractivity contribution in [2.45, 2.75) is 6.42 Å². The predicted octanol–water partition coefficient (Wildman–Crippen LogP) is 0.956. The van der Waals surface area contributed by atoms with Crippen LogP contribution in [0.1, 0.15) is 26.3 Å². The SMILES string of the molecule is O=C(COC(=O)CN1C(=O)c2ccccc2C1=O)NCCc1ccc2c(c1)OCCO2. The van der Waals surface area contributed by atoms with Gasteiger partial charge in [-0.25, -0.2) is 0 Å². The van der Waals surface area contributed by atoms with E-state index in [-0.39, 0.29) is 11.1 Å². The number of carbonyl (C=O) groups excluding carboxylic acids is 4. The number of hydrogen-bond donors (Lipinski definition) is 1. The summed E-state index contributed by atoms with van der Waals surface area (Å²) < 4.78 is 15.9. The molecule has 0 bridgehead atoms. The summed E-state index contributed by atoms with van der Waals surface area (Å²) in [5.41, 5.74) is 1.46. The highest BCUT2D eigenvalue weighted by Gasteiger charge is 2.36. The summed E-state index contributed by atoms with van der Waals surface area (Å²) in [4.78, 5) is 49.2. The van der Waals surface area contributed by atoms with Crippen LogP contribution in [0.15, 0.2) is 42.5 Å². The third-order valence-electron chi connectivity index (χ3n) is 4.87. The van der Waals surface area contributed by atoms with Crippen LogP contribution in [-0.2, 0) is 20.7 Å². The summed E-state index contributed by atoms with van der Waals surface area (Å²) in [5, 5.41) is 2.66. The number of benzene rings is 2. The summed E-state index contributed by atoms with van der Waals surface area (Å²) in [5.74, 6) is -1.05. The third kappa shape index (κ3) is 4.50. The first kappa shape index (κ1) is 20.4. The van der Waals surface area contributed by atoms with Gasteiger partial charge in [0.25, 0.3) is 17.7 Å². The van der Waals surface area contributed by atoms with Crippen LogP contribution in [0.25, 0.3) is 0 Å². The first-order chi connectivity index (χ1) is 15.0. The van der Waals surface area contributed by atoms with Gasteiger partial charge in [0.1, 0.15) is 19.8 Å². The number of ether oxygens (including phenoxy) is 3. The smallest absolute Gasteiger partial charge is 0.326 e. The molecule has 2 aliphatic heterocycles. The number of amides is 3. The zero-order valence-electron chi connectivity index (χ0n) is 16.6. The average Bonchev–Trinajstić information content (AvgIpc) is 3.02. The number of fused-ring (bicyclic) bond motifs is 2. The van der Waals surface area contributed by atoms with Gasteiger partial charge >= 0.3 is 5.97 Å². The zero-order chi connectivity index (χ0) is 21.8. The third-order valence-corrected chi connectivity index (χ3v) is 4.87. The number of hydrogen-bond acceptors (Lipinski definition) is 7. The maximum Gasteiger partial charge on any atom is 0.326 e. The van der Waals surface area contributed by atoms with Crippen molar-refractivity contribution in [1.29, 1.82) is 0 Å². The second kappa shape index (κ2) is 8.86. The first-order valence-electron chi connectivity index (χ1n) is 9.79. The number of esters is 1. The molecule has 31 heavy (non-hydrogen) atoms. The number of rotatable bonds is 7. The molecule has 0 radical (unpaired) electrons. The molecule has 0 spiro atoms. The Morgan fingerprint density at radius 3 is 2.35 bits per heavy atom. The maximum atomic E-state index is 12.2. The first-order valence-corrected chi connectivity index (χ1v) is 9.79. The predicted molar refractivity (Wildman–Crippen MR) is 107 cm³/mol. The molecule has 0 saturated carbocycles. The maximum absolute atomic E-state index is 12.2. The highest BCUT2D eigenvalue weighted by atomic mass is 16.6. The van der Waals surface area contributed by atoms with Gasteiger partial charge in [0.15, 0.2) is 18.1 Å². The Labute approximate surface area is 177 Å². The highest BCUT2D eigenvalue weighted by molar-refractivity contribution is 6.22. The monoisotopic (exact) mass is 424 g/mol. The lowest BCUT2D eigenvalue weighted by molar-refractivity contribution is -0.148. The van der Waals surface area contributed by atoms with Crippen LogP contribution < -0.4 is 14.8 Å². The van der Waals surface area contributed by atoms with Crippen molar-refractivity contribution in [3.8, 4) is 11.5 Å². The van der Waals surface area contributed by atoms with E-state index < -0.39 is 36.8 Å². The molecule has 9 nitrogen and oxygen atoms in total. The summed E-state index contributed by atoms with van der Waals surface area (Å²) >= 11 is 0. The number of nitrogens with zero attached hydrogens (tertiary/aromatic N) is 1. The van der Waals surface area contributed by atoms with Crippen LogP contribution in [0.5, 0.6) is 11.5 Å². The Morgan fingerprint density at radius 1 is 0.968 bits per heavy atom. The van der Waals surface area contributed by atoms with Gasteiger partial charge in [-0.15, -0.1) is 0 Å². The topological polar surface area (TPSA) is 111 Å². The van der Waals surface area contributed by atoms with Crippen molar-refractivity contribution in [3.05, 3.63) is 59.2 Å². The van der Waals surface area contributed by atoms with E-state index in [4.69, 9.17) is 14.2 Å². The summed E-state index contributed by atoms with van der Waals surface area (Å²) in [7, 11) is 0. The molecule has 160 valence electrons. The summed E-state index contributed by atoms with van der Waals surface area (Å²) in [6.07, 6.45) is 0.561. The number of imide groups is 1. The normalized spacial score (nSPS) is 14.3. The van der Waals surface area contributed by atoms with Crippen molar-refractivity contribution >= 4 is 23.7 Å². The van der Waals surface area contributed by atoms with Gasteiger partial charge in [0.2, 0.25) is 0 Å². The van der Waals surface area contributed by atoms with E-state index >= 15 is 0 Å². The Morgan fingerprint density at radius 2 is 1.65 bits per heavy atom. The number of carbonyl (C=O) groups is 4. The van der Waals surface area contributed by atoms with Gasteiger partial charge in [-0.05, 0) is 36.2 Å². The molecule has 0 fully saturated rings. The zero-order valence-corrected chi connectivity index (χ0v) is 16.6. The minimum Gasteiger partial charge on any atom is -0.486 e. The second-order valence-electron chi connectivity index (χ2n) is 6.98. The van der Waals surface area contributed by atoms with E-state index in [9.17, 15) is 19.2 Å². The van der Waals surface area contributed by atoms with Crippen LogP contribution >= 0.6 is 0 Å². The van der Waals surface area contributed by atoms with Crippen LogP contribution in [0.3, 0.4) is 0 Å². The van der Waals surface area contributed by atoms with Crippen molar-refractivity contribution in [2.24, 2.45) is 0 Å². The van der Waals surface area contributed by atoms with E-state index in [0.29, 0.717) is 37.7 Å². The molecule has 0 aliphatic carbocycles. The fourth-order valence-electron chi connectivity index (χ4n) is 3.34. The lowest BCUT2D eigenvalue weighted by Gasteiger charge is -2.18. The highest BCUT2D eigenvalue weighted by Crippen LogP contribution is 2.30. The van der Waals surface area contributed by atoms with Gasteiger partial charge in [-0.2, -0.15) is 0 Å². The van der Waals surface area contributed by atoms with Gasteiger partial charge < -0.3 is 19.5 Å². The van der Waals surface area contributed by atoms with Crippen LogP contribution in [0.2, 0.25) is 0 Å². The Balaban J connectivity index is 1.19. The van der Waals surface area contributed by atoms with E-state index in [1.807, 2.05) is 18.2 Å². The van der Waals surface area contributed by atoms with E-state index in [2.05, 4.69) is 5.32 Å². The Bertz CT molecular complexity index is 1010. The molecule has 0 aromatic heterocycles. The molecule has 2 aliphatic rings. The molecule has 3 amide bonds. The van der Waals surface area contributed by atoms with Gasteiger partial charge in [-0.1, -0.05) is 18.2 Å². The van der Waals surface area contributed by atoms with E-state index in [1.165, 1.54) is 12.1 Å². The molecule has 0 saturated heterocycles. The minimum atomic E-state index is -0.837. The Kier molecular flexibility index (Phi) is 5.83. The van der Waals surface area contributed by atoms with E-state index in [0.717, 1.165) is 10.5 Å². The molecule has 1 N–H and O–H groups in total. The van der Waals surface area contributed by atoms with Crippen LogP contribution in [0, 0.1) is 0 Å². The lowest BCUT2D eigenvalue weighted by Crippen LogP contribution is -2.37. The van der Waals surface area contributed by atoms with Gasteiger partial charge in [0, 0.05) is 6.54 Å². The van der Waals surface area contributed by atoms with Crippen molar-refractivity contribution in [3.63, 3.8) is 0 Å².